The molecule has 106 valence electrons. The number of aryl methyl sites for hydroxylation is 1. The molecule has 0 aliphatic carbocycles. The molecule has 0 radical (unpaired) electrons. The molecule has 0 atom stereocenters. The maximum absolute atomic E-state index is 9.57. The molecule has 0 amide bonds. The topological polar surface area (TPSA) is 23.5 Å². The zero-order valence-corrected chi connectivity index (χ0v) is 12.7. The number of aromatic hydroxyl groups is 1. The molecule has 20 heavy (non-hydrogen) atoms. The first kappa shape index (κ1) is 14.9. The molecule has 3 heteroatoms. The van der Waals surface area contributed by atoms with Crippen LogP contribution in [0.25, 0.3) is 0 Å². The van der Waals surface area contributed by atoms with Crippen LogP contribution >= 0.6 is 11.6 Å². The lowest BCUT2D eigenvalue weighted by Crippen LogP contribution is -2.22. The van der Waals surface area contributed by atoms with Crippen LogP contribution in [0.15, 0.2) is 42.5 Å². The quantitative estimate of drug-likeness (QED) is 0.883. The largest absolute Gasteiger partial charge is 0.508 e. The maximum Gasteiger partial charge on any atom is 0.118 e. The van der Waals surface area contributed by atoms with E-state index in [-0.39, 0.29) is 0 Å². The Labute approximate surface area is 125 Å². The van der Waals surface area contributed by atoms with Gasteiger partial charge in [-0.2, -0.15) is 0 Å². The van der Waals surface area contributed by atoms with Crippen molar-refractivity contribution in [2.75, 3.05) is 6.54 Å². The summed E-state index contributed by atoms with van der Waals surface area (Å²) in [6, 6.07) is 13.8. The Morgan fingerprint density at radius 1 is 1.00 bits per heavy atom. The third kappa shape index (κ3) is 3.99. The van der Waals surface area contributed by atoms with E-state index >= 15 is 0 Å². The van der Waals surface area contributed by atoms with Crippen LogP contribution in [0.2, 0.25) is 5.02 Å². The van der Waals surface area contributed by atoms with Crippen molar-refractivity contribution in [2.45, 2.75) is 26.9 Å². The van der Waals surface area contributed by atoms with Crippen molar-refractivity contribution in [3.05, 3.63) is 64.2 Å². The van der Waals surface area contributed by atoms with Crippen LogP contribution in [0.5, 0.6) is 5.75 Å². The Bertz CT molecular complexity index is 566. The highest BCUT2D eigenvalue weighted by Crippen LogP contribution is 2.19. The SMILES string of the molecule is CCN(Cc1ccc(Cl)cc1)Cc1ccc(O)c(C)c1. The van der Waals surface area contributed by atoms with E-state index in [1.807, 2.05) is 31.2 Å². The van der Waals surface area contributed by atoms with E-state index in [9.17, 15) is 5.11 Å². The molecule has 0 aromatic heterocycles. The Kier molecular flexibility index (Phi) is 5.05. The summed E-state index contributed by atoms with van der Waals surface area (Å²) in [5.41, 5.74) is 3.40. The Morgan fingerprint density at radius 3 is 2.20 bits per heavy atom. The number of hydrogen-bond donors (Lipinski definition) is 1. The van der Waals surface area contributed by atoms with Gasteiger partial charge in [-0.15, -0.1) is 0 Å². The van der Waals surface area contributed by atoms with Gasteiger partial charge in [0.25, 0.3) is 0 Å². The van der Waals surface area contributed by atoms with Crippen molar-refractivity contribution in [3.8, 4) is 5.75 Å². The summed E-state index contributed by atoms with van der Waals surface area (Å²) in [5, 5.41) is 10.3. The van der Waals surface area contributed by atoms with E-state index in [4.69, 9.17) is 11.6 Å². The van der Waals surface area contributed by atoms with E-state index in [2.05, 4.69) is 24.0 Å². The van der Waals surface area contributed by atoms with Gasteiger partial charge in [0.05, 0.1) is 0 Å². The first-order valence-electron chi connectivity index (χ1n) is 6.83. The molecule has 2 rings (SSSR count). The molecular weight excluding hydrogens is 270 g/mol. The number of nitrogens with zero attached hydrogens (tertiary/aromatic N) is 1. The first-order valence-corrected chi connectivity index (χ1v) is 7.21. The predicted molar refractivity (Wildman–Crippen MR) is 84.1 cm³/mol. The molecule has 2 aromatic carbocycles. The third-order valence-corrected chi connectivity index (χ3v) is 3.69. The standard InChI is InChI=1S/C17H20ClNO/c1-3-19(11-14-4-7-16(18)8-5-14)12-15-6-9-17(20)13(2)10-15/h4-10,20H,3,11-12H2,1-2H3. The van der Waals surface area contributed by atoms with Gasteiger partial charge >= 0.3 is 0 Å². The lowest BCUT2D eigenvalue weighted by molar-refractivity contribution is 0.271. The van der Waals surface area contributed by atoms with Crippen LogP contribution in [0, 0.1) is 6.92 Å². The molecule has 0 aliphatic rings. The van der Waals surface area contributed by atoms with Gasteiger partial charge in [0.1, 0.15) is 5.75 Å². The molecule has 2 aromatic rings. The van der Waals surface area contributed by atoms with Gasteiger partial charge in [0.15, 0.2) is 0 Å². The highest BCUT2D eigenvalue weighted by atomic mass is 35.5. The highest BCUT2D eigenvalue weighted by Gasteiger charge is 2.06. The fraction of sp³-hybridized carbons (Fsp3) is 0.294. The summed E-state index contributed by atoms with van der Waals surface area (Å²) in [5.74, 6) is 0.356. The van der Waals surface area contributed by atoms with Crippen molar-refractivity contribution in [1.82, 2.24) is 4.90 Å². The zero-order valence-electron chi connectivity index (χ0n) is 11.9. The van der Waals surface area contributed by atoms with Crippen LogP contribution in [0.3, 0.4) is 0 Å². The van der Waals surface area contributed by atoms with Gasteiger partial charge in [-0.05, 0) is 48.4 Å². The molecule has 0 spiro atoms. The van der Waals surface area contributed by atoms with Crippen LogP contribution in [0.4, 0.5) is 0 Å². The van der Waals surface area contributed by atoms with Crippen molar-refractivity contribution in [3.63, 3.8) is 0 Å². The normalized spacial score (nSPS) is 11.0. The van der Waals surface area contributed by atoms with E-state index < -0.39 is 0 Å². The van der Waals surface area contributed by atoms with Crippen LogP contribution in [0.1, 0.15) is 23.6 Å². The average Bonchev–Trinajstić information content (AvgIpc) is 2.44. The zero-order chi connectivity index (χ0) is 14.5. The highest BCUT2D eigenvalue weighted by molar-refractivity contribution is 6.30. The Hall–Kier alpha value is -1.51. The fourth-order valence-corrected chi connectivity index (χ4v) is 2.33. The summed E-state index contributed by atoms with van der Waals surface area (Å²) < 4.78 is 0. The number of phenols is 1. The monoisotopic (exact) mass is 289 g/mol. The maximum atomic E-state index is 9.57. The molecule has 0 unspecified atom stereocenters. The lowest BCUT2D eigenvalue weighted by atomic mass is 10.1. The molecule has 2 nitrogen and oxygen atoms in total. The second-order valence-electron chi connectivity index (χ2n) is 5.05. The first-order chi connectivity index (χ1) is 9.58. The predicted octanol–water partition coefficient (Wildman–Crippen LogP) is 4.38. The molecular formula is C17H20ClNO. The van der Waals surface area contributed by atoms with Gasteiger partial charge in [0, 0.05) is 18.1 Å². The molecule has 0 saturated heterocycles. The van der Waals surface area contributed by atoms with Crippen LogP contribution in [-0.2, 0) is 13.1 Å². The van der Waals surface area contributed by atoms with Crippen molar-refractivity contribution < 1.29 is 5.11 Å². The van der Waals surface area contributed by atoms with E-state index in [1.54, 1.807) is 6.07 Å². The minimum absolute atomic E-state index is 0.356. The minimum atomic E-state index is 0.356. The number of phenolic OH excluding ortho intramolecular Hbond substituents is 1. The molecule has 0 saturated carbocycles. The Morgan fingerprint density at radius 2 is 1.60 bits per heavy atom. The second kappa shape index (κ2) is 6.78. The van der Waals surface area contributed by atoms with Gasteiger partial charge in [0.2, 0.25) is 0 Å². The molecule has 0 aliphatic heterocycles. The average molecular weight is 290 g/mol. The van der Waals surface area contributed by atoms with Gasteiger partial charge in [-0.25, -0.2) is 0 Å². The van der Waals surface area contributed by atoms with E-state index in [1.165, 1.54) is 11.1 Å². The third-order valence-electron chi connectivity index (χ3n) is 3.43. The number of halogens is 1. The molecule has 0 fully saturated rings. The van der Waals surface area contributed by atoms with E-state index in [0.717, 1.165) is 30.2 Å². The van der Waals surface area contributed by atoms with Gasteiger partial charge in [-0.1, -0.05) is 42.8 Å². The van der Waals surface area contributed by atoms with E-state index in [0.29, 0.717) is 5.75 Å². The van der Waals surface area contributed by atoms with Crippen molar-refractivity contribution >= 4 is 11.6 Å². The van der Waals surface area contributed by atoms with Crippen LogP contribution in [-0.4, -0.2) is 16.6 Å². The van der Waals surface area contributed by atoms with Crippen molar-refractivity contribution in [2.24, 2.45) is 0 Å². The smallest absolute Gasteiger partial charge is 0.118 e. The van der Waals surface area contributed by atoms with Crippen molar-refractivity contribution in [1.29, 1.82) is 0 Å². The van der Waals surface area contributed by atoms with Crippen LogP contribution < -0.4 is 0 Å². The summed E-state index contributed by atoms with van der Waals surface area (Å²) in [6.07, 6.45) is 0. The Balaban J connectivity index is 2.04. The summed E-state index contributed by atoms with van der Waals surface area (Å²) in [6.45, 7) is 6.83. The molecule has 0 heterocycles. The summed E-state index contributed by atoms with van der Waals surface area (Å²) >= 11 is 5.91. The summed E-state index contributed by atoms with van der Waals surface area (Å²) in [7, 11) is 0. The molecule has 0 bridgehead atoms. The number of rotatable bonds is 5. The van der Waals surface area contributed by atoms with Gasteiger partial charge < -0.3 is 5.11 Å². The summed E-state index contributed by atoms with van der Waals surface area (Å²) in [4.78, 5) is 2.36. The fourth-order valence-electron chi connectivity index (χ4n) is 2.20. The number of hydrogen-bond acceptors (Lipinski definition) is 2. The lowest BCUT2D eigenvalue weighted by Gasteiger charge is -2.21. The molecule has 1 N–H and O–H groups in total. The number of benzene rings is 2. The second-order valence-corrected chi connectivity index (χ2v) is 5.49. The van der Waals surface area contributed by atoms with Gasteiger partial charge in [-0.3, -0.25) is 4.90 Å². The minimum Gasteiger partial charge on any atom is -0.508 e.